The summed E-state index contributed by atoms with van der Waals surface area (Å²) in [4.78, 5) is 0. The molecular formula is C13H16N2O. The van der Waals surface area contributed by atoms with E-state index >= 15 is 0 Å². The number of nitrogens with zero attached hydrogens (tertiary/aromatic N) is 1. The van der Waals surface area contributed by atoms with E-state index in [1.54, 1.807) is 7.11 Å². The highest BCUT2D eigenvalue weighted by atomic mass is 16.5. The summed E-state index contributed by atoms with van der Waals surface area (Å²) in [5, 5.41) is 0. The molecule has 0 aliphatic rings. The molecule has 3 nitrogen and oxygen atoms in total. The van der Waals surface area contributed by atoms with Gasteiger partial charge in [-0.05, 0) is 25.1 Å². The van der Waals surface area contributed by atoms with Gasteiger partial charge in [-0.15, -0.1) is 0 Å². The van der Waals surface area contributed by atoms with Crippen molar-refractivity contribution in [2.75, 3.05) is 12.5 Å². The van der Waals surface area contributed by atoms with E-state index in [9.17, 15) is 0 Å². The van der Waals surface area contributed by atoms with Gasteiger partial charge in [-0.1, -0.05) is 17.7 Å². The van der Waals surface area contributed by atoms with Crippen molar-refractivity contribution in [3.63, 3.8) is 0 Å². The summed E-state index contributed by atoms with van der Waals surface area (Å²) >= 11 is 0. The van der Waals surface area contributed by atoms with E-state index in [2.05, 4.69) is 24.5 Å². The summed E-state index contributed by atoms with van der Waals surface area (Å²) in [6.45, 7) is 2.83. The van der Waals surface area contributed by atoms with Crippen LogP contribution in [0.3, 0.4) is 0 Å². The minimum atomic E-state index is 0.750. The minimum Gasteiger partial charge on any atom is -0.496 e. The second kappa shape index (κ2) is 4.75. The highest BCUT2D eigenvalue weighted by Crippen LogP contribution is 2.19. The van der Waals surface area contributed by atoms with Crippen molar-refractivity contribution in [3.05, 3.63) is 53.9 Å². The molecule has 0 aliphatic heterocycles. The molecule has 1 N–H and O–H groups in total. The van der Waals surface area contributed by atoms with Crippen LogP contribution in [0.4, 0.5) is 0 Å². The van der Waals surface area contributed by atoms with Crippen molar-refractivity contribution < 1.29 is 4.74 Å². The minimum absolute atomic E-state index is 0.750. The molecule has 3 heteroatoms. The maximum atomic E-state index is 5.32. The van der Waals surface area contributed by atoms with Gasteiger partial charge < -0.3 is 10.2 Å². The topological polar surface area (TPSA) is 26.2 Å². The molecule has 0 aliphatic carbocycles. The molecule has 2 aromatic rings. The van der Waals surface area contributed by atoms with Crippen molar-refractivity contribution in [1.29, 1.82) is 0 Å². The fourth-order valence-electron chi connectivity index (χ4n) is 1.66. The summed E-state index contributed by atoms with van der Waals surface area (Å²) in [6, 6.07) is 10.2. The van der Waals surface area contributed by atoms with E-state index < -0.39 is 0 Å². The zero-order chi connectivity index (χ0) is 11.4. The molecule has 0 radical (unpaired) electrons. The zero-order valence-electron chi connectivity index (χ0n) is 9.60. The molecule has 84 valence electrons. The molecule has 1 aromatic carbocycles. The third-order valence-electron chi connectivity index (χ3n) is 2.49. The third-order valence-corrected chi connectivity index (χ3v) is 2.49. The van der Waals surface area contributed by atoms with Crippen molar-refractivity contribution in [2.45, 2.75) is 13.5 Å². The Bertz CT molecular complexity index is 449. The molecule has 1 aromatic heterocycles. The van der Waals surface area contributed by atoms with E-state index in [1.165, 1.54) is 5.56 Å². The van der Waals surface area contributed by atoms with Gasteiger partial charge in [-0.3, -0.25) is 4.68 Å². The summed E-state index contributed by atoms with van der Waals surface area (Å²) < 4.78 is 7.25. The molecule has 2 rings (SSSR count). The first kappa shape index (κ1) is 10.6. The first-order valence-corrected chi connectivity index (χ1v) is 5.30. The van der Waals surface area contributed by atoms with E-state index in [4.69, 9.17) is 4.74 Å². The highest BCUT2D eigenvalue weighted by Gasteiger charge is 2.02. The van der Waals surface area contributed by atoms with Crippen molar-refractivity contribution in [1.82, 2.24) is 4.68 Å². The summed E-state index contributed by atoms with van der Waals surface area (Å²) in [5.74, 6) is 0.922. The molecule has 0 bridgehead atoms. The molecule has 1 heterocycles. The molecule has 0 saturated carbocycles. The predicted molar refractivity (Wildman–Crippen MR) is 65.2 cm³/mol. The summed E-state index contributed by atoms with van der Waals surface area (Å²) in [5.41, 5.74) is 5.68. The SMILES string of the molecule is COc1ccc(C)cc1CNn1cccc1. The summed E-state index contributed by atoms with van der Waals surface area (Å²) in [6.07, 6.45) is 3.95. The maximum Gasteiger partial charge on any atom is 0.123 e. The number of hydrogen-bond acceptors (Lipinski definition) is 2. The smallest absolute Gasteiger partial charge is 0.123 e. The van der Waals surface area contributed by atoms with Crippen LogP contribution in [0.1, 0.15) is 11.1 Å². The Kier molecular flexibility index (Phi) is 3.15. The molecule has 0 unspecified atom stereocenters. The van der Waals surface area contributed by atoms with Crippen LogP contribution >= 0.6 is 0 Å². The van der Waals surface area contributed by atoms with Crippen molar-refractivity contribution in [2.24, 2.45) is 0 Å². The van der Waals surface area contributed by atoms with Crippen LogP contribution in [0.5, 0.6) is 5.75 Å². The first-order valence-electron chi connectivity index (χ1n) is 5.30. The van der Waals surface area contributed by atoms with E-state index in [0.717, 1.165) is 17.9 Å². The predicted octanol–water partition coefficient (Wildman–Crippen LogP) is 2.55. The Morgan fingerprint density at radius 1 is 1.25 bits per heavy atom. The van der Waals surface area contributed by atoms with Gasteiger partial charge in [0.15, 0.2) is 0 Å². The largest absolute Gasteiger partial charge is 0.496 e. The van der Waals surface area contributed by atoms with Gasteiger partial charge in [0.05, 0.1) is 13.7 Å². The number of aryl methyl sites for hydroxylation is 1. The van der Waals surface area contributed by atoms with Crippen LogP contribution in [0.25, 0.3) is 0 Å². The number of ether oxygens (including phenoxy) is 1. The molecular weight excluding hydrogens is 200 g/mol. The molecule has 0 amide bonds. The van der Waals surface area contributed by atoms with Crippen LogP contribution in [0.2, 0.25) is 0 Å². The quantitative estimate of drug-likeness (QED) is 0.850. The average Bonchev–Trinajstić information content (AvgIpc) is 2.79. The van der Waals surface area contributed by atoms with Crippen molar-refractivity contribution >= 4 is 0 Å². The van der Waals surface area contributed by atoms with Crippen molar-refractivity contribution in [3.8, 4) is 5.75 Å². The molecule has 0 saturated heterocycles. The number of aromatic nitrogens is 1. The van der Waals surface area contributed by atoms with E-state index in [-0.39, 0.29) is 0 Å². The van der Waals surface area contributed by atoms with E-state index in [0.29, 0.717) is 0 Å². The number of nitrogens with one attached hydrogen (secondary N) is 1. The molecule has 0 atom stereocenters. The van der Waals surface area contributed by atoms with Gasteiger partial charge in [-0.2, -0.15) is 0 Å². The van der Waals surface area contributed by atoms with Gasteiger partial charge in [0.2, 0.25) is 0 Å². The van der Waals surface area contributed by atoms with Crippen LogP contribution in [-0.4, -0.2) is 11.8 Å². The fraction of sp³-hybridized carbons (Fsp3) is 0.231. The Morgan fingerprint density at radius 3 is 2.69 bits per heavy atom. The van der Waals surface area contributed by atoms with Crippen LogP contribution < -0.4 is 10.2 Å². The average molecular weight is 216 g/mol. The van der Waals surface area contributed by atoms with Gasteiger partial charge in [0.25, 0.3) is 0 Å². The first-order chi connectivity index (χ1) is 7.79. The molecule has 16 heavy (non-hydrogen) atoms. The monoisotopic (exact) mass is 216 g/mol. The Balaban J connectivity index is 2.11. The Hall–Kier alpha value is -1.90. The zero-order valence-corrected chi connectivity index (χ0v) is 9.60. The molecule has 0 fully saturated rings. The van der Waals surface area contributed by atoms with Crippen LogP contribution in [-0.2, 0) is 6.54 Å². The lowest BCUT2D eigenvalue weighted by molar-refractivity contribution is 0.409. The lowest BCUT2D eigenvalue weighted by atomic mass is 10.1. The number of rotatable bonds is 4. The van der Waals surface area contributed by atoms with Gasteiger partial charge in [0.1, 0.15) is 5.75 Å². The van der Waals surface area contributed by atoms with Gasteiger partial charge in [0, 0.05) is 18.0 Å². The Labute approximate surface area is 95.6 Å². The maximum absolute atomic E-state index is 5.32. The normalized spacial score (nSPS) is 10.1. The number of benzene rings is 1. The standard InChI is InChI=1S/C13H16N2O/c1-11-5-6-13(16-2)12(9-11)10-14-15-7-3-4-8-15/h3-9,14H,10H2,1-2H3. The Morgan fingerprint density at radius 2 is 2.00 bits per heavy atom. The lowest BCUT2D eigenvalue weighted by Crippen LogP contribution is -2.12. The number of hydrogen-bond donors (Lipinski definition) is 1. The second-order valence-electron chi connectivity index (χ2n) is 3.74. The van der Waals surface area contributed by atoms with Crippen LogP contribution in [0, 0.1) is 6.92 Å². The highest BCUT2D eigenvalue weighted by molar-refractivity contribution is 5.37. The third kappa shape index (κ3) is 2.37. The summed E-state index contributed by atoms with van der Waals surface area (Å²) in [7, 11) is 1.70. The van der Waals surface area contributed by atoms with Gasteiger partial charge >= 0.3 is 0 Å². The lowest BCUT2D eigenvalue weighted by Gasteiger charge is -2.12. The molecule has 0 spiro atoms. The van der Waals surface area contributed by atoms with Crippen LogP contribution in [0.15, 0.2) is 42.7 Å². The van der Waals surface area contributed by atoms with E-state index in [1.807, 2.05) is 35.3 Å². The fourth-order valence-corrected chi connectivity index (χ4v) is 1.66. The second-order valence-corrected chi connectivity index (χ2v) is 3.74. The number of methoxy groups -OCH3 is 1. The van der Waals surface area contributed by atoms with Gasteiger partial charge in [-0.25, -0.2) is 0 Å².